The maximum atomic E-state index is 13.3. The lowest BCUT2D eigenvalue weighted by molar-refractivity contribution is 0.495. The SMILES string of the molecule is Fc1cccc(CCCC(Br)C2CC2)c1F. The Morgan fingerprint density at radius 3 is 2.75 bits per heavy atom. The van der Waals surface area contributed by atoms with Gasteiger partial charge in [-0.15, -0.1) is 0 Å². The molecule has 0 saturated heterocycles. The molecule has 1 atom stereocenters. The standard InChI is InChI=1S/C13H15BrF2/c14-11(9-7-8-9)5-1-3-10-4-2-6-12(15)13(10)16/h2,4,6,9,11H,1,3,5,7-8H2. The van der Waals surface area contributed by atoms with Gasteiger partial charge in [0.1, 0.15) is 0 Å². The van der Waals surface area contributed by atoms with Crippen LogP contribution in [0.25, 0.3) is 0 Å². The smallest absolute Gasteiger partial charge is 0.162 e. The summed E-state index contributed by atoms with van der Waals surface area (Å²) in [6.45, 7) is 0. The van der Waals surface area contributed by atoms with Crippen LogP contribution in [0.15, 0.2) is 18.2 Å². The molecule has 0 spiro atoms. The highest BCUT2D eigenvalue weighted by Gasteiger charge is 2.28. The first-order valence-electron chi connectivity index (χ1n) is 5.75. The van der Waals surface area contributed by atoms with Crippen molar-refractivity contribution in [2.75, 3.05) is 0 Å². The van der Waals surface area contributed by atoms with Gasteiger partial charge in [-0.25, -0.2) is 8.78 Å². The summed E-state index contributed by atoms with van der Waals surface area (Å²) < 4.78 is 26.2. The van der Waals surface area contributed by atoms with Crippen molar-refractivity contribution in [3.63, 3.8) is 0 Å². The predicted molar refractivity (Wildman–Crippen MR) is 64.7 cm³/mol. The minimum atomic E-state index is -0.741. The van der Waals surface area contributed by atoms with E-state index < -0.39 is 11.6 Å². The Morgan fingerprint density at radius 2 is 2.06 bits per heavy atom. The van der Waals surface area contributed by atoms with Gasteiger partial charge in [-0.05, 0) is 49.7 Å². The lowest BCUT2D eigenvalue weighted by Crippen LogP contribution is -2.02. The van der Waals surface area contributed by atoms with E-state index in [1.807, 2.05) is 0 Å². The Labute approximate surface area is 103 Å². The maximum absolute atomic E-state index is 13.3. The molecule has 3 heteroatoms. The molecule has 1 fully saturated rings. The molecule has 1 saturated carbocycles. The number of alkyl halides is 1. The summed E-state index contributed by atoms with van der Waals surface area (Å²) in [5.41, 5.74) is 0.496. The van der Waals surface area contributed by atoms with Crippen molar-refractivity contribution >= 4 is 15.9 Å². The van der Waals surface area contributed by atoms with Crippen molar-refractivity contribution in [1.29, 1.82) is 0 Å². The number of rotatable bonds is 5. The topological polar surface area (TPSA) is 0 Å². The van der Waals surface area contributed by atoms with Crippen LogP contribution in [0.5, 0.6) is 0 Å². The summed E-state index contributed by atoms with van der Waals surface area (Å²) in [7, 11) is 0. The van der Waals surface area contributed by atoms with Crippen molar-refractivity contribution in [2.24, 2.45) is 5.92 Å². The van der Waals surface area contributed by atoms with E-state index in [-0.39, 0.29) is 0 Å². The molecule has 88 valence electrons. The minimum Gasteiger partial charge on any atom is -0.204 e. The lowest BCUT2D eigenvalue weighted by Gasteiger charge is -2.08. The Hall–Kier alpha value is -0.440. The molecule has 1 aliphatic carbocycles. The second-order valence-corrected chi connectivity index (χ2v) is 5.63. The van der Waals surface area contributed by atoms with Gasteiger partial charge in [-0.1, -0.05) is 28.1 Å². The molecule has 0 aromatic heterocycles. The van der Waals surface area contributed by atoms with Gasteiger partial charge in [0.2, 0.25) is 0 Å². The van der Waals surface area contributed by atoms with Crippen LogP contribution in [-0.4, -0.2) is 4.83 Å². The first kappa shape index (κ1) is 12.0. The van der Waals surface area contributed by atoms with Crippen LogP contribution in [-0.2, 0) is 6.42 Å². The molecular formula is C13H15BrF2. The highest BCUT2D eigenvalue weighted by molar-refractivity contribution is 9.09. The third-order valence-corrected chi connectivity index (χ3v) is 4.30. The van der Waals surface area contributed by atoms with Crippen LogP contribution < -0.4 is 0 Å². The van der Waals surface area contributed by atoms with E-state index >= 15 is 0 Å². The molecule has 0 amide bonds. The predicted octanol–water partition coefficient (Wildman–Crippen LogP) is 4.46. The van der Waals surface area contributed by atoms with E-state index in [9.17, 15) is 8.78 Å². The Kier molecular flexibility index (Phi) is 3.95. The molecule has 0 N–H and O–H groups in total. The second kappa shape index (κ2) is 5.26. The first-order valence-corrected chi connectivity index (χ1v) is 6.67. The maximum Gasteiger partial charge on any atom is 0.162 e. The fraction of sp³-hybridized carbons (Fsp3) is 0.538. The first-order chi connectivity index (χ1) is 7.68. The van der Waals surface area contributed by atoms with Gasteiger partial charge in [0, 0.05) is 4.83 Å². The average Bonchev–Trinajstić information content (AvgIpc) is 3.07. The van der Waals surface area contributed by atoms with Gasteiger partial charge in [0.15, 0.2) is 11.6 Å². The van der Waals surface area contributed by atoms with Crippen LogP contribution in [0.2, 0.25) is 0 Å². The molecule has 2 rings (SSSR count). The third kappa shape index (κ3) is 3.03. The molecule has 0 radical (unpaired) electrons. The third-order valence-electron chi connectivity index (χ3n) is 3.09. The van der Waals surface area contributed by atoms with Crippen LogP contribution >= 0.6 is 15.9 Å². The fourth-order valence-corrected chi connectivity index (χ4v) is 2.78. The van der Waals surface area contributed by atoms with Crippen LogP contribution in [0.1, 0.15) is 31.2 Å². The van der Waals surface area contributed by atoms with E-state index in [1.165, 1.54) is 12.8 Å². The molecule has 1 unspecified atom stereocenters. The Bertz CT molecular complexity index is 361. The fourth-order valence-electron chi connectivity index (χ4n) is 1.92. The van der Waals surface area contributed by atoms with Gasteiger partial charge >= 0.3 is 0 Å². The molecule has 0 aliphatic heterocycles. The molecule has 0 heterocycles. The normalized spacial score (nSPS) is 17.4. The van der Waals surface area contributed by atoms with Crippen LogP contribution in [0, 0.1) is 17.6 Å². The monoisotopic (exact) mass is 288 g/mol. The summed E-state index contributed by atoms with van der Waals surface area (Å²) in [6, 6.07) is 4.40. The zero-order chi connectivity index (χ0) is 11.5. The van der Waals surface area contributed by atoms with Gasteiger partial charge < -0.3 is 0 Å². The van der Waals surface area contributed by atoms with E-state index in [2.05, 4.69) is 15.9 Å². The van der Waals surface area contributed by atoms with E-state index in [0.717, 1.165) is 24.8 Å². The number of benzene rings is 1. The number of hydrogen-bond donors (Lipinski definition) is 0. The Morgan fingerprint density at radius 1 is 1.31 bits per heavy atom. The summed E-state index contributed by atoms with van der Waals surface area (Å²) >= 11 is 3.64. The van der Waals surface area contributed by atoms with Crippen molar-refractivity contribution in [1.82, 2.24) is 0 Å². The van der Waals surface area contributed by atoms with Crippen LogP contribution in [0.4, 0.5) is 8.78 Å². The van der Waals surface area contributed by atoms with Gasteiger partial charge in [0.05, 0.1) is 0 Å². The zero-order valence-electron chi connectivity index (χ0n) is 9.06. The van der Waals surface area contributed by atoms with Gasteiger partial charge in [-0.2, -0.15) is 0 Å². The highest BCUT2D eigenvalue weighted by atomic mass is 79.9. The zero-order valence-corrected chi connectivity index (χ0v) is 10.6. The largest absolute Gasteiger partial charge is 0.204 e. The van der Waals surface area contributed by atoms with Crippen molar-refractivity contribution in [3.8, 4) is 0 Å². The summed E-state index contributed by atoms with van der Waals surface area (Å²) in [6.07, 6.45) is 5.19. The lowest BCUT2D eigenvalue weighted by atomic mass is 10.0. The van der Waals surface area contributed by atoms with E-state index in [0.29, 0.717) is 16.8 Å². The molecular weight excluding hydrogens is 274 g/mol. The Balaban J connectivity index is 1.82. The van der Waals surface area contributed by atoms with Crippen molar-refractivity contribution in [3.05, 3.63) is 35.4 Å². The van der Waals surface area contributed by atoms with Crippen LogP contribution in [0.3, 0.4) is 0 Å². The average molecular weight is 289 g/mol. The minimum absolute atomic E-state index is 0.496. The number of aryl methyl sites for hydroxylation is 1. The summed E-state index contributed by atoms with van der Waals surface area (Å²) in [5, 5.41) is 0. The molecule has 0 bridgehead atoms. The number of hydrogen-bond acceptors (Lipinski definition) is 0. The second-order valence-electron chi connectivity index (χ2n) is 4.46. The van der Waals surface area contributed by atoms with Crippen molar-refractivity contribution < 1.29 is 8.78 Å². The molecule has 1 aromatic carbocycles. The molecule has 1 aliphatic rings. The summed E-state index contributed by atoms with van der Waals surface area (Å²) in [5.74, 6) is -0.604. The van der Waals surface area contributed by atoms with E-state index in [4.69, 9.17) is 0 Å². The van der Waals surface area contributed by atoms with Gasteiger partial charge in [0.25, 0.3) is 0 Å². The highest BCUT2D eigenvalue weighted by Crippen LogP contribution is 2.38. The number of halogens is 3. The summed E-state index contributed by atoms with van der Waals surface area (Å²) in [4.78, 5) is 0.559. The molecule has 1 aromatic rings. The van der Waals surface area contributed by atoms with Gasteiger partial charge in [-0.3, -0.25) is 0 Å². The van der Waals surface area contributed by atoms with Crippen molar-refractivity contribution in [2.45, 2.75) is 36.9 Å². The quantitative estimate of drug-likeness (QED) is 0.702. The molecule has 0 nitrogen and oxygen atoms in total. The van der Waals surface area contributed by atoms with E-state index in [1.54, 1.807) is 12.1 Å². The molecule has 16 heavy (non-hydrogen) atoms.